The smallest absolute Gasteiger partial charge is 0.316 e. The lowest BCUT2D eigenvalue weighted by atomic mass is 9.73. The van der Waals surface area contributed by atoms with Crippen molar-refractivity contribution < 1.29 is 53.1 Å². The van der Waals surface area contributed by atoms with Crippen molar-refractivity contribution in [3.05, 3.63) is 23.9 Å². The van der Waals surface area contributed by atoms with E-state index in [1.165, 1.54) is 20.8 Å². The van der Waals surface area contributed by atoms with Crippen molar-refractivity contribution in [2.75, 3.05) is 33.0 Å². The second-order valence-corrected chi connectivity index (χ2v) is 16.4. The molecule has 1 aromatic heterocycles. The molecule has 0 spiro atoms. The lowest BCUT2D eigenvalue weighted by molar-refractivity contribution is -0.296. The number of anilines is 1. The summed E-state index contributed by atoms with van der Waals surface area (Å²) in [4.78, 5) is 57.2. The number of amides is 1. The van der Waals surface area contributed by atoms with Crippen molar-refractivity contribution in [1.29, 1.82) is 0 Å². The Morgan fingerprint density at radius 1 is 1.12 bits per heavy atom. The van der Waals surface area contributed by atoms with Gasteiger partial charge in [-0.05, 0) is 84.7 Å². The highest BCUT2D eigenvalue weighted by molar-refractivity contribution is 6.00. The highest BCUT2D eigenvalue weighted by Gasteiger charge is 2.53. The molecule has 0 aromatic carbocycles. The van der Waals surface area contributed by atoms with Gasteiger partial charge in [-0.1, -0.05) is 32.9 Å². The number of cyclic esters (lactones) is 1. The number of nitrogens with two attached hydrogens (primary N) is 1. The van der Waals surface area contributed by atoms with Gasteiger partial charge in [0.2, 0.25) is 5.91 Å². The Balaban J connectivity index is 1.94. The van der Waals surface area contributed by atoms with Crippen molar-refractivity contribution in [3.63, 3.8) is 0 Å². The predicted octanol–water partition coefficient (Wildman–Crippen LogP) is 3.10. The quantitative estimate of drug-likeness (QED) is 0.206. The molecule has 16 heteroatoms. The van der Waals surface area contributed by atoms with Crippen LogP contribution >= 0.6 is 0 Å². The third-order valence-electron chi connectivity index (χ3n) is 11.4. The Labute approximate surface area is 330 Å². The summed E-state index contributed by atoms with van der Waals surface area (Å²) < 4.78 is 32.3. The van der Waals surface area contributed by atoms with Crippen molar-refractivity contribution in [3.8, 4) is 0 Å². The second kappa shape index (κ2) is 18.9. The molecule has 1 aromatic rings. The Morgan fingerprint density at radius 3 is 2.45 bits per heavy atom. The number of nitrogen functional groups attached to an aromatic ring is 1. The molecule has 13 atom stereocenters. The van der Waals surface area contributed by atoms with E-state index in [2.05, 4.69) is 15.1 Å². The summed E-state index contributed by atoms with van der Waals surface area (Å²) in [5.41, 5.74) is 4.03. The van der Waals surface area contributed by atoms with Crippen LogP contribution in [0.25, 0.3) is 0 Å². The zero-order chi connectivity index (χ0) is 41.7. The van der Waals surface area contributed by atoms with Gasteiger partial charge in [-0.25, -0.2) is 9.98 Å². The van der Waals surface area contributed by atoms with E-state index in [4.69, 9.17) is 34.3 Å². The maximum absolute atomic E-state index is 14.4. The fourth-order valence-electron chi connectivity index (χ4n) is 8.39. The molecule has 4 rings (SSSR count). The first-order valence-electron chi connectivity index (χ1n) is 19.5. The minimum absolute atomic E-state index is 0.0443. The highest BCUT2D eigenvalue weighted by atomic mass is 16.7. The molecule has 0 radical (unpaired) electrons. The zero-order valence-corrected chi connectivity index (χ0v) is 34.8. The minimum Gasteiger partial charge on any atom is -0.459 e. The van der Waals surface area contributed by atoms with Crippen LogP contribution in [0.3, 0.4) is 0 Å². The summed E-state index contributed by atoms with van der Waals surface area (Å²) in [6.07, 6.45) is -3.55. The van der Waals surface area contributed by atoms with Gasteiger partial charge in [-0.2, -0.15) is 0 Å². The van der Waals surface area contributed by atoms with E-state index in [1.807, 2.05) is 32.8 Å². The molecule has 0 unspecified atom stereocenters. The Morgan fingerprint density at radius 2 is 1.82 bits per heavy atom. The van der Waals surface area contributed by atoms with E-state index in [-0.39, 0.29) is 50.5 Å². The third-order valence-corrected chi connectivity index (χ3v) is 11.4. The summed E-state index contributed by atoms with van der Waals surface area (Å²) in [6.45, 7) is 14.7. The lowest BCUT2D eigenvalue weighted by Gasteiger charge is -2.47. The average Bonchev–Trinajstić information content (AvgIpc) is 3.14. The van der Waals surface area contributed by atoms with Crippen LogP contribution in [0.1, 0.15) is 87.1 Å². The first-order valence-corrected chi connectivity index (χ1v) is 19.5. The Hall–Kier alpha value is -3.38. The zero-order valence-electron chi connectivity index (χ0n) is 34.8. The molecule has 3 saturated heterocycles. The van der Waals surface area contributed by atoms with Gasteiger partial charge in [0.05, 0.1) is 37.1 Å². The molecule has 2 bridgehead atoms. The molecule has 3 aliphatic heterocycles. The SMILES string of the molecule is CC[C@H]1OC(=O)[C@H](C)C(=O)[C@H](C)[C@@H](O[C@@H]2O[C@H](C)C[C@H](N(C)C)[C@H]2O)[C@]2(C)C[C@@H](C)C(=NC(C)=O)[C@H](C)[C@@H](OC/C(=N/OCc3ccnc(N)c3)CO2)[C@]1(C)O. The normalized spacial score (nSPS) is 39.4. The summed E-state index contributed by atoms with van der Waals surface area (Å²) >= 11 is 0. The van der Waals surface area contributed by atoms with Crippen LogP contribution in [0.2, 0.25) is 0 Å². The summed E-state index contributed by atoms with van der Waals surface area (Å²) in [5.74, 6) is -5.01. The number of esters is 1. The first kappa shape index (κ1) is 45.3. The number of aromatic nitrogens is 1. The molecule has 4 heterocycles. The fourth-order valence-corrected chi connectivity index (χ4v) is 8.39. The minimum atomic E-state index is -1.85. The number of ether oxygens (including phenoxy) is 5. The van der Waals surface area contributed by atoms with Crippen molar-refractivity contribution in [2.24, 2.45) is 33.8 Å². The number of hydrogen-bond acceptors (Lipinski definition) is 15. The molecule has 4 N–H and O–H groups in total. The van der Waals surface area contributed by atoms with Crippen LogP contribution in [0, 0.1) is 23.7 Å². The largest absolute Gasteiger partial charge is 0.459 e. The number of carbonyl (C=O) groups is 3. The molecular weight excluding hydrogens is 726 g/mol. The van der Waals surface area contributed by atoms with Gasteiger partial charge in [-0.15, -0.1) is 0 Å². The molecule has 3 aliphatic rings. The molecule has 314 valence electrons. The van der Waals surface area contributed by atoms with E-state index >= 15 is 0 Å². The van der Waals surface area contributed by atoms with Gasteiger partial charge >= 0.3 is 5.97 Å². The van der Waals surface area contributed by atoms with Gasteiger partial charge in [0.1, 0.15) is 41.9 Å². The number of aliphatic imine (C=N–C) groups is 1. The number of aliphatic hydroxyl groups is 2. The second-order valence-electron chi connectivity index (χ2n) is 16.4. The van der Waals surface area contributed by atoms with E-state index in [9.17, 15) is 24.6 Å². The molecular formula is C40H63N5O11. The number of fused-ring (bicyclic) bond motifs is 5. The standard InChI is InChI=1S/C40H63N5O11/c1-12-30-40(9,50)36-23(4)32(43-26(7)46)21(2)17-39(8,52-20-28(19-51-36)44-53-18-27-13-14-42-31(41)16-27)35(24(5)33(47)25(6)37(49)55-30)56-38-34(48)29(45(10)11)15-22(3)54-38/h13-14,16,21-25,29-30,34-36,38,48,50H,12,15,17-20H2,1-11H3,(H2,41,42)/b43-32?,44-28-/t21-,22-,23+,24+,25-,29+,30-,34-,35-,36-,38+,39+,40-/m1/s1. The lowest BCUT2D eigenvalue weighted by Crippen LogP contribution is -2.60. The van der Waals surface area contributed by atoms with Gasteiger partial charge in [0, 0.05) is 36.7 Å². The number of pyridine rings is 1. The monoisotopic (exact) mass is 789 g/mol. The summed E-state index contributed by atoms with van der Waals surface area (Å²) in [5, 5.41) is 28.4. The number of hydrogen-bond donors (Lipinski definition) is 3. The van der Waals surface area contributed by atoms with E-state index < -0.39 is 83.2 Å². The van der Waals surface area contributed by atoms with Crippen LogP contribution in [0.4, 0.5) is 5.82 Å². The number of rotatable bonds is 7. The molecule has 3 fully saturated rings. The number of carbonyl (C=O) groups excluding carboxylic acids is 3. The molecule has 0 saturated carbocycles. The maximum Gasteiger partial charge on any atom is 0.316 e. The molecule has 56 heavy (non-hydrogen) atoms. The van der Waals surface area contributed by atoms with Crippen LogP contribution in [-0.4, -0.2) is 131 Å². The van der Waals surface area contributed by atoms with Gasteiger partial charge in [-0.3, -0.25) is 14.4 Å². The average molecular weight is 790 g/mol. The van der Waals surface area contributed by atoms with Crippen molar-refractivity contribution in [2.45, 2.75) is 142 Å². The van der Waals surface area contributed by atoms with Crippen LogP contribution in [-0.2, 0) is 49.5 Å². The fraction of sp³-hybridized carbons (Fsp3) is 0.750. The molecule has 16 nitrogen and oxygen atoms in total. The number of ketones is 1. The van der Waals surface area contributed by atoms with Gasteiger partial charge < -0.3 is 49.4 Å². The number of oxime groups is 1. The highest BCUT2D eigenvalue weighted by Crippen LogP contribution is 2.40. The summed E-state index contributed by atoms with van der Waals surface area (Å²) in [6, 6.07) is 3.08. The number of aliphatic hydroxyl groups excluding tert-OH is 1. The maximum atomic E-state index is 14.4. The number of likely N-dealkylation sites (N-methyl/N-ethyl adjacent to an activating group) is 1. The molecule has 0 aliphatic carbocycles. The van der Waals surface area contributed by atoms with Gasteiger partial charge in [0.15, 0.2) is 12.1 Å². The number of nitrogens with zero attached hydrogens (tertiary/aromatic N) is 4. The van der Waals surface area contributed by atoms with Crippen molar-refractivity contribution in [1.82, 2.24) is 9.88 Å². The number of Topliss-reactive ketones (excluding diaryl/α,β-unsaturated/α-hetero) is 1. The van der Waals surface area contributed by atoms with E-state index in [0.29, 0.717) is 18.0 Å². The van der Waals surface area contributed by atoms with E-state index in [0.717, 1.165) is 5.56 Å². The predicted molar refractivity (Wildman–Crippen MR) is 207 cm³/mol. The first-order chi connectivity index (χ1) is 26.2. The van der Waals surface area contributed by atoms with Gasteiger partial charge in [0.25, 0.3) is 0 Å². The van der Waals surface area contributed by atoms with Crippen LogP contribution in [0.5, 0.6) is 0 Å². The van der Waals surface area contributed by atoms with Crippen LogP contribution < -0.4 is 5.73 Å². The van der Waals surface area contributed by atoms with Crippen molar-refractivity contribution >= 4 is 34.9 Å². The Kier molecular flexibility index (Phi) is 15.3. The van der Waals surface area contributed by atoms with E-state index in [1.54, 1.807) is 46.0 Å². The van der Waals surface area contributed by atoms with Crippen LogP contribution in [0.15, 0.2) is 28.5 Å². The Bertz CT molecular complexity index is 1600. The topological polar surface area (TPSA) is 214 Å². The third kappa shape index (κ3) is 10.6. The molecule has 1 amide bonds. The summed E-state index contributed by atoms with van der Waals surface area (Å²) in [7, 11) is 3.72.